The smallest absolute Gasteiger partial charge is 0.0502 e. The van der Waals surface area contributed by atoms with Gasteiger partial charge in [0, 0.05) is 26.2 Å². The molecule has 1 fully saturated rings. The average molecular weight is 276 g/mol. The molecule has 2 N–H and O–H groups in total. The number of likely N-dealkylation sites (tertiary alicyclic amines) is 1. The highest BCUT2D eigenvalue weighted by Gasteiger charge is 2.21. The Balaban J connectivity index is 1.94. The van der Waals surface area contributed by atoms with Crippen molar-refractivity contribution in [1.82, 2.24) is 4.90 Å². The van der Waals surface area contributed by atoms with Crippen LogP contribution in [0.15, 0.2) is 18.2 Å². The van der Waals surface area contributed by atoms with Crippen molar-refractivity contribution in [2.75, 3.05) is 33.4 Å². The molecule has 2 rings (SSSR count). The first-order chi connectivity index (χ1) is 9.58. The quantitative estimate of drug-likeness (QED) is 0.898. The minimum Gasteiger partial charge on any atom is -0.384 e. The van der Waals surface area contributed by atoms with E-state index < -0.39 is 0 Å². The van der Waals surface area contributed by atoms with Crippen molar-refractivity contribution in [1.29, 1.82) is 0 Å². The van der Waals surface area contributed by atoms with E-state index in [9.17, 15) is 0 Å². The highest BCUT2D eigenvalue weighted by Crippen LogP contribution is 2.21. The number of hydrogen-bond acceptors (Lipinski definition) is 3. The average Bonchev–Trinajstić information content (AvgIpc) is 2.38. The number of hydrogen-bond donors (Lipinski definition) is 1. The molecule has 3 heteroatoms. The van der Waals surface area contributed by atoms with Crippen molar-refractivity contribution in [3.8, 4) is 0 Å². The van der Waals surface area contributed by atoms with E-state index in [1.54, 1.807) is 7.11 Å². The summed E-state index contributed by atoms with van der Waals surface area (Å²) in [6, 6.07) is 6.74. The van der Waals surface area contributed by atoms with Crippen LogP contribution in [0.5, 0.6) is 0 Å². The summed E-state index contributed by atoms with van der Waals surface area (Å²) in [6.07, 6.45) is 2.54. The predicted octanol–water partition coefficient (Wildman–Crippen LogP) is 2.66. The van der Waals surface area contributed by atoms with Crippen molar-refractivity contribution < 1.29 is 4.74 Å². The monoisotopic (exact) mass is 276 g/mol. The summed E-state index contributed by atoms with van der Waals surface area (Å²) in [7, 11) is 1.79. The van der Waals surface area contributed by atoms with Crippen LogP contribution < -0.4 is 5.73 Å². The fourth-order valence-corrected chi connectivity index (χ4v) is 3.30. The minimum atomic E-state index is 0.106. The molecular weight excluding hydrogens is 248 g/mol. The Morgan fingerprint density at radius 2 is 2.00 bits per heavy atom. The maximum absolute atomic E-state index is 6.41. The maximum Gasteiger partial charge on any atom is 0.0502 e. The molecule has 0 radical (unpaired) electrons. The van der Waals surface area contributed by atoms with Gasteiger partial charge in [0.15, 0.2) is 0 Å². The number of methoxy groups -OCH3 is 1. The van der Waals surface area contributed by atoms with Crippen molar-refractivity contribution in [2.24, 2.45) is 11.7 Å². The van der Waals surface area contributed by atoms with Crippen LogP contribution in [0, 0.1) is 19.8 Å². The summed E-state index contributed by atoms with van der Waals surface area (Å²) < 4.78 is 5.29. The molecule has 0 aliphatic carbocycles. The van der Waals surface area contributed by atoms with Gasteiger partial charge in [-0.1, -0.05) is 29.3 Å². The molecule has 20 heavy (non-hydrogen) atoms. The third-order valence-electron chi connectivity index (χ3n) is 4.13. The molecule has 0 spiro atoms. The molecule has 1 aromatic carbocycles. The second-order valence-corrected chi connectivity index (χ2v) is 6.25. The van der Waals surface area contributed by atoms with Crippen molar-refractivity contribution in [3.05, 3.63) is 34.9 Å². The third kappa shape index (κ3) is 4.30. The van der Waals surface area contributed by atoms with Crippen LogP contribution >= 0.6 is 0 Å². The van der Waals surface area contributed by atoms with Crippen LogP contribution in [0.2, 0.25) is 0 Å². The summed E-state index contributed by atoms with van der Waals surface area (Å²) in [5, 5.41) is 0. The Morgan fingerprint density at radius 1 is 1.30 bits per heavy atom. The molecule has 1 aromatic rings. The van der Waals surface area contributed by atoms with Gasteiger partial charge in [0.2, 0.25) is 0 Å². The number of benzene rings is 1. The first-order valence-corrected chi connectivity index (χ1v) is 7.63. The topological polar surface area (TPSA) is 38.5 Å². The van der Waals surface area contributed by atoms with Crippen LogP contribution in [0.25, 0.3) is 0 Å². The lowest BCUT2D eigenvalue weighted by Crippen LogP contribution is -2.41. The zero-order valence-corrected chi connectivity index (χ0v) is 13.1. The van der Waals surface area contributed by atoms with Gasteiger partial charge in [-0.25, -0.2) is 0 Å². The Morgan fingerprint density at radius 3 is 2.65 bits per heavy atom. The molecule has 112 valence electrons. The van der Waals surface area contributed by atoms with E-state index in [0.29, 0.717) is 5.92 Å². The van der Waals surface area contributed by atoms with Gasteiger partial charge in [0.25, 0.3) is 0 Å². The molecule has 0 amide bonds. The third-order valence-corrected chi connectivity index (χ3v) is 4.13. The first kappa shape index (κ1) is 15.5. The molecule has 1 aliphatic heterocycles. The van der Waals surface area contributed by atoms with E-state index in [-0.39, 0.29) is 6.04 Å². The number of piperidine rings is 1. The Bertz CT molecular complexity index is 411. The van der Waals surface area contributed by atoms with Crippen molar-refractivity contribution in [3.63, 3.8) is 0 Å². The minimum absolute atomic E-state index is 0.106. The van der Waals surface area contributed by atoms with Gasteiger partial charge >= 0.3 is 0 Å². The van der Waals surface area contributed by atoms with Gasteiger partial charge in [-0.05, 0) is 44.7 Å². The second kappa shape index (κ2) is 7.21. The van der Waals surface area contributed by atoms with Crippen LogP contribution in [0.4, 0.5) is 0 Å². The number of ether oxygens (including phenoxy) is 1. The molecular formula is C17H28N2O. The van der Waals surface area contributed by atoms with Gasteiger partial charge in [-0.3, -0.25) is 0 Å². The number of nitrogens with two attached hydrogens (primary N) is 1. The first-order valence-electron chi connectivity index (χ1n) is 7.63. The standard InChI is InChI=1S/C17H28N2O/c1-13-7-14(2)9-16(8-13)17(18)11-19-6-4-5-15(10-19)12-20-3/h7-9,15,17H,4-6,10-12,18H2,1-3H3. The van der Waals surface area contributed by atoms with Crippen LogP contribution in [-0.4, -0.2) is 38.3 Å². The van der Waals surface area contributed by atoms with E-state index in [2.05, 4.69) is 36.9 Å². The summed E-state index contributed by atoms with van der Waals surface area (Å²) in [5.41, 5.74) is 10.3. The molecule has 1 heterocycles. The molecule has 0 aromatic heterocycles. The van der Waals surface area contributed by atoms with E-state index in [1.165, 1.54) is 36.1 Å². The van der Waals surface area contributed by atoms with Gasteiger partial charge in [0.1, 0.15) is 0 Å². The van der Waals surface area contributed by atoms with Gasteiger partial charge in [0.05, 0.1) is 6.61 Å². The molecule has 0 bridgehead atoms. The SMILES string of the molecule is COCC1CCCN(CC(N)c2cc(C)cc(C)c2)C1. The lowest BCUT2D eigenvalue weighted by atomic mass is 9.97. The van der Waals surface area contributed by atoms with Gasteiger partial charge < -0.3 is 15.4 Å². The van der Waals surface area contributed by atoms with E-state index >= 15 is 0 Å². The highest BCUT2D eigenvalue weighted by atomic mass is 16.5. The maximum atomic E-state index is 6.41. The highest BCUT2D eigenvalue weighted by molar-refractivity contribution is 5.30. The fourth-order valence-electron chi connectivity index (χ4n) is 3.30. The van der Waals surface area contributed by atoms with Crippen molar-refractivity contribution >= 4 is 0 Å². The summed E-state index contributed by atoms with van der Waals surface area (Å²) >= 11 is 0. The molecule has 3 nitrogen and oxygen atoms in total. The number of nitrogens with zero attached hydrogens (tertiary/aromatic N) is 1. The Hall–Kier alpha value is -0.900. The zero-order valence-electron chi connectivity index (χ0n) is 13.1. The van der Waals surface area contributed by atoms with E-state index in [0.717, 1.165) is 19.7 Å². The Labute approximate surface area is 123 Å². The van der Waals surface area contributed by atoms with E-state index in [1.807, 2.05) is 0 Å². The van der Waals surface area contributed by atoms with Crippen LogP contribution in [0.1, 0.15) is 35.6 Å². The molecule has 1 aliphatic rings. The van der Waals surface area contributed by atoms with Crippen LogP contribution in [0.3, 0.4) is 0 Å². The number of aryl methyl sites for hydroxylation is 2. The lowest BCUT2D eigenvalue weighted by Gasteiger charge is -2.34. The lowest BCUT2D eigenvalue weighted by molar-refractivity contribution is 0.0878. The van der Waals surface area contributed by atoms with Crippen LogP contribution in [-0.2, 0) is 4.74 Å². The van der Waals surface area contributed by atoms with Gasteiger partial charge in [-0.15, -0.1) is 0 Å². The largest absolute Gasteiger partial charge is 0.384 e. The molecule has 0 saturated carbocycles. The van der Waals surface area contributed by atoms with Crippen molar-refractivity contribution in [2.45, 2.75) is 32.7 Å². The zero-order chi connectivity index (χ0) is 14.5. The summed E-state index contributed by atoms with van der Waals surface area (Å²) in [5.74, 6) is 0.667. The molecule has 2 atom stereocenters. The summed E-state index contributed by atoms with van der Waals surface area (Å²) in [6.45, 7) is 8.38. The normalized spacial score (nSPS) is 21.9. The fraction of sp³-hybridized carbons (Fsp3) is 0.647. The molecule has 1 saturated heterocycles. The van der Waals surface area contributed by atoms with Gasteiger partial charge in [-0.2, -0.15) is 0 Å². The second-order valence-electron chi connectivity index (χ2n) is 6.25. The van der Waals surface area contributed by atoms with E-state index in [4.69, 9.17) is 10.5 Å². The number of rotatable bonds is 5. The Kier molecular flexibility index (Phi) is 5.58. The molecule has 2 unspecified atom stereocenters. The summed E-state index contributed by atoms with van der Waals surface area (Å²) in [4.78, 5) is 2.50. The predicted molar refractivity (Wildman–Crippen MR) is 83.9 cm³/mol.